The van der Waals surface area contributed by atoms with Crippen molar-refractivity contribution < 1.29 is 0 Å². The van der Waals surface area contributed by atoms with Crippen LogP contribution in [0.1, 0.15) is 11.3 Å². The van der Waals surface area contributed by atoms with Crippen LogP contribution in [0.15, 0.2) is 36.5 Å². The zero-order chi connectivity index (χ0) is 10.7. The number of benzene rings is 1. The van der Waals surface area contributed by atoms with E-state index in [0.717, 1.165) is 17.8 Å². The molecule has 0 saturated heterocycles. The van der Waals surface area contributed by atoms with Crippen molar-refractivity contribution in [2.75, 3.05) is 6.54 Å². The van der Waals surface area contributed by atoms with Crippen molar-refractivity contribution >= 4 is 0 Å². The lowest BCUT2D eigenvalue weighted by atomic mass is 10.2. The minimum absolute atomic E-state index is 0.650. The maximum atomic E-state index is 5.55. The van der Waals surface area contributed by atoms with Gasteiger partial charge in [-0.3, -0.25) is 0 Å². The fourth-order valence-electron chi connectivity index (χ4n) is 1.59. The third-order valence-corrected chi connectivity index (χ3v) is 2.40. The third-order valence-electron chi connectivity index (χ3n) is 2.40. The van der Waals surface area contributed by atoms with E-state index in [9.17, 15) is 0 Å². The molecular formula is C12H15N3. The van der Waals surface area contributed by atoms with E-state index in [4.69, 9.17) is 5.73 Å². The maximum Gasteiger partial charge on any atom is 0.0648 e. The minimum atomic E-state index is 0.650. The normalized spacial score (nSPS) is 10.5. The quantitative estimate of drug-likeness (QED) is 0.821. The summed E-state index contributed by atoms with van der Waals surface area (Å²) in [5.41, 5.74) is 9.05. The molecule has 1 aromatic heterocycles. The molecule has 0 unspecified atom stereocenters. The number of hydrogen-bond donors (Lipinski definition) is 1. The van der Waals surface area contributed by atoms with Crippen LogP contribution in [0.3, 0.4) is 0 Å². The van der Waals surface area contributed by atoms with Crippen molar-refractivity contribution in [3.63, 3.8) is 0 Å². The smallest absolute Gasteiger partial charge is 0.0648 e. The second-order valence-corrected chi connectivity index (χ2v) is 3.61. The molecule has 1 heterocycles. The van der Waals surface area contributed by atoms with E-state index in [1.807, 2.05) is 16.9 Å². The van der Waals surface area contributed by atoms with Gasteiger partial charge in [0.25, 0.3) is 0 Å². The van der Waals surface area contributed by atoms with Crippen molar-refractivity contribution in [2.24, 2.45) is 5.73 Å². The van der Waals surface area contributed by atoms with Crippen LogP contribution in [0.2, 0.25) is 0 Å². The molecule has 0 amide bonds. The number of aryl methyl sites for hydroxylation is 1. The highest BCUT2D eigenvalue weighted by Gasteiger charge is 2.02. The Morgan fingerprint density at radius 2 is 1.93 bits per heavy atom. The summed E-state index contributed by atoms with van der Waals surface area (Å²) in [6, 6.07) is 10.3. The van der Waals surface area contributed by atoms with E-state index >= 15 is 0 Å². The summed E-state index contributed by atoms with van der Waals surface area (Å²) in [6.45, 7) is 2.73. The fraction of sp³-hybridized carbons (Fsp3) is 0.250. The molecule has 3 heteroatoms. The molecule has 0 spiro atoms. The first-order valence-corrected chi connectivity index (χ1v) is 5.11. The van der Waals surface area contributed by atoms with Gasteiger partial charge in [0.15, 0.2) is 0 Å². The Labute approximate surface area is 89.5 Å². The van der Waals surface area contributed by atoms with Crippen LogP contribution >= 0.6 is 0 Å². The largest absolute Gasteiger partial charge is 0.330 e. The maximum absolute atomic E-state index is 5.55. The Morgan fingerprint density at radius 1 is 1.20 bits per heavy atom. The van der Waals surface area contributed by atoms with Crippen LogP contribution < -0.4 is 5.73 Å². The molecule has 0 bridgehead atoms. The van der Waals surface area contributed by atoms with E-state index < -0.39 is 0 Å². The van der Waals surface area contributed by atoms with Gasteiger partial charge in [0.1, 0.15) is 0 Å². The van der Waals surface area contributed by atoms with Gasteiger partial charge in [-0.15, -0.1) is 0 Å². The fourth-order valence-corrected chi connectivity index (χ4v) is 1.59. The highest BCUT2D eigenvalue weighted by molar-refractivity contribution is 5.35. The molecule has 0 fully saturated rings. The van der Waals surface area contributed by atoms with Gasteiger partial charge in [-0.2, -0.15) is 5.10 Å². The van der Waals surface area contributed by atoms with E-state index in [-0.39, 0.29) is 0 Å². The van der Waals surface area contributed by atoms with Crippen LogP contribution in [-0.2, 0) is 6.42 Å². The predicted octanol–water partition coefficient (Wildman–Crippen LogP) is 1.68. The van der Waals surface area contributed by atoms with Gasteiger partial charge in [0.05, 0.1) is 5.69 Å². The minimum Gasteiger partial charge on any atom is -0.330 e. The van der Waals surface area contributed by atoms with E-state index in [2.05, 4.69) is 36.3 Å². The first-order chi connectivity index (χ1) is 7.31. The lowest BCUT2D eigenvalue weighted by Crippen LogP contribution is -2.08. The molecule has 3 nitrogen and oxygen atoms in total. The molecule has 2 N–H and O–H groups in total. The van der Waals surface area contributed by atoms with Gasteiger partial charge < -0.3 is 5.73 Å². The molecular weight excluding hydrogens is 186 g/mol. The lowest BCUT2D eigenvalue weighted by Gasteiger charge is -2.06. The summed E-state index contributed by atoms with van der Waals surface area (Å²) >= 11 is 0. The molecule has 0 aliphatic heterocycles. The summed E-state index contributed by atoms with van der Waals surface area (Å²) < 4.78 is 1.94. The van der Waals surface area contributed by atoms with Gasteiger partial charge >= 0.3 is 0 Å². The molecule has 78 valence electrons. The van der Waals surface area contributed by atoms with E-state index in [1.165, 1.54) is 5.56 Å². The average Bonchev–Trinajstić information content (AvgIpc) is 2.68. The zero-order valence-electron chi connectivity index (χ0n) is 8.85. The van der Waals surface area contributed by atoms with Gasteiger partial charge in [0, 0.05) is 18.3 Å². The van der Waals surface area contributed by atoms with Crippen molar-refractivity contribution in [3.05, 3.63) is 47.8 Å². The van der Waals surface area contributed by atoms with Crippen molar-refractivity contribution in [1.29, 1.82) is 0 Å². The lowest BCUT2D eigenvalue weighted by molar-refractivity contribution is 0.791. The van der Waals surface area contributed by atoms with Gasteiger partial charge in [0.2, 0.25) is 0 Å². The second-order valence-electron chi connectivity index (χ2n) is 3.61. The third kappa shape index (κ3) is 2.07. The Bertz CT molecular complexity index is 428. The monoisotopic (exact) mass is 201 g/mol. The van der Waals surface area contributed by atoms with Crippen LogP contribution in [0.5, 0.6) is 0 Å². The molecule has 2 aromatic rings. The standard InChI is InChI=1S/C12H15N3/c1-10-2-4-11(5-3-10)15-12(6-8-13)7-9-14-15/h2-5,7,9H,6,8,13H2,1H3. The molecule has 0 aliphatic carbocycles. The molecule has 0 atom stereocenters. The molecule has 0 aliphatic rings. The van der Waals surface area contributed by atoms with E-state index in [1.54, 1.807) is 0 Å². The molecule has 15 heavy (non-hydrogen) atoms. The van der Waals surface area contributed by atoms with Crippen molar-refractivity contribution in [1.82, 2.24) is 9.78 Å². The zero-order valence-corrected chi connectivity index (χ0v) is 8.85. The Balaban J connectivity index is 2.36. The topological polar surface area (TPSA) is 43.8 Å². The highest BCUT2D eigenvalue weighted by Crippen LogP contribution is 2.11. The molecule has 0 radical (unpaired) electrons. The summed E-state index contributed by atoms with van der Waals surface area (Å²) in [5, 5.41) is 4.30. The van der Waals surface area contributed by atoms with Gasteiger partial charge in [-0.05, 0) is 31.7 Å². The Kier molecular flexibility index (Phi) is 2.83. The predicted molar refractivity (Wildman–Crippen MR) is 61.1 cm³/mol. The van der Waals surface area contributed by atoms with Gasteiger partial charge in [-0.1, -0.05) is 17.7 Å². The average molecular weight is 201 g/mol. The Hall–Kier alpha value is -1.61. The number of nitrogens with zero attached hydrogens (tertiary/aromatic N) is 2. The van der Waals surface area contributed by atoms with Crippen LogP contribution in [-0.4, -0.2) is 16.3 Å². The number of hydrogen-bond acceptors (Lipinski definition) is 2. The summed E-state index contributed by atoms with van der Waals surface area (Å²) in [5.74, 6) is 0. The first kappa shape index (κ1) is 9.93. The van der Waals surface area contributed by atoms with E-state index in [0.29, 0.717) is 6.54 Å². The molecule has 1 aromatic carbocycles. The Morgan fingerprint density at radius 3 is 2.60 bits per heavy atom. The summed E-state index contributed by atoms with van der Waals surface area (Å²) in [6.07, 6.45) is 2.67. The van der Waals surface area contributed by atoms with Crippen LogP contribution in [0.25, 0.3) is 5.69 Å². The first-order valence-electron chi connectivity index (χ1n) is 5.11. The van der Waals surface area contributed by atoms with Crippen LogP contribution in [0.4, 0.5) is 0 Å². The summed E-state index contributed by atoms with van der Waals surface area (Å²) in [7, 11) is 0. The van der Waals surface area contributed by atoms with Gasteiger partial charge in [-0.25, -0.2) is 4.68 Å². The van der Waals surface area contributed by atoms with Crippen molar-refractivity contribution in [3.8, 4) is 5.69 Å². The number of aromatic nitrogens is 2. The molecule has 2 rings (SSSR count). The number of nitrogens with two attached hydrogens (primary N) is 1. The molecule has 0 saturated carbocycles. The van der Waals surface area contributed by atoms with Crippen LogP contribution in [0, 0.1) is 6.92 Å². The van der Waals surface area contributed by atoms with Crippen molar-refractivity contribution in [2.45, 2.75) is 13.3 Å². The number of rotatable bonds is 3. The summed E-state index contributed by atoms with van der Waals surface area (Å²) in [4.78, 5) is 0. The second kappa shape index (κ2) is 4.28. The highest BCUT2D eigenvalue weighted by atomic mass is 15.3. The SMILES string of the molecule is Cc1ccc(-n2nccc2CCN)cc1.